The average molecular weight is 425 g/mol. The van der Waals surface area contributed by atoms with Gasteiger partial charge in [0.25, 0.3) is 15.9 Å². The molecule has 0 radical (unpaired) electrons. The van der Waals surface area contributed by atoms with Crippen molar-refractivity contribution < 1.29 is 22.7 Å². The van der Waals surface area contributed by atoms with Gasteiger partial charge in [-0.1, -0.05) is 23.7 Å². The molecule has 1 unspecified atom stereocenters. The number of carbonyl (C=O) groups excluding carboxylic acids is 1. The Balaban J connectivity index is 1.87. The van der Waals surface area contributed by atoms with Gasteiger partial charge in [0, 0.05) is 25.3 Å². The number of ether oxygens (including phenoxy) is 2. The third-order valence-corrected chi connectivity index (χ3v) is 6.30. The summed E-state index contributed by atoms with van der Waals surface area (Å²) in [6.45, 7) is 0.807. The van der Waals surface area contributed by atoms with Crippen LogP contribution in [-0.4, -0.2) is 47.2 Å². The number of fused-ring (bicyclic) bond motifs is 1. The van der Waals surface area contributed by atoms with Crippen LogP contribution < -0.4 is 14.4 Å². The fourth-order valence-corrected chi connectivity index (χ4v) is 4.44. The quantitative estimate of drug-likeness (QED) is 0.690. The highest BCUT2D eigenvalue weighted by molar-refractivity contribution is 7.92. The lowest BCUT2D eigenvalue weighted by atomic mass is 10.2. The van der Waals surface area contributed by atoms with Crippen LogP contribution >= 0.6 is 11.6 Å². The smallest absolute Gasteiger partial charge is 0.264 e. The molecule has 1 aliphatic heterocycles. The zero-order valence-electron chi connectivity index (χ0n) is 15.3. The summed E-state index contributed by atoms with van der Waals surface area (Å²) in [5.74, 6) is -0.0368. The number of methoxy groups -OCH3 is 1. The molecule has 9 heteroatoms. The number of hydrogen-bond donors (Lipinski definition) is 1. The van der Waals surface area contributed by atoms with E-state index in [4.69, 9.17) is 21.1 Å². The Bertz CT molecular complexity index is 934. The van der Waals surface area contributed by atoms with Crippen LogP contribution in [0.4, 0.5) is 5.69 Å². The van der Waals surface area contributed by atoms with Gasteiger partial charge in [0.2, 0.25) is 0 Å². The summed E-state index contributed by atoms with van der Waals surface area (Å²) in [4.78, 5) is 12.6. The highest BCUT2D eigenvalue weighted by Gasteiger charge is 2.37. The number of anilines is 1. The maximum atomic E-state index is 13.2. The van der Waals surface area contributed by atoms with Crippen molar-refractivity contribution in [2.45, 2.75) is 17.4 Å². The highest BCUT2D eigenvalue weighted by atomic mass is 35.5. The van der Waals surface area contributed by atoms with E-state index in [1.165, 1.54) is 28.6 Å². The van der Waals surface area contributed by atoms with E-state index in [0.29, 0.717) is 36.0 Å². The minimum Gasteiger partial charge on any atom is -0.476 e. The number of halogens is 1. The second-order valence-electron chi connectivity index (χ2n) is 6.20. The van der Waals surface area contributed by atoms with Crippen molar-refractivity contribution in [2.24, 2.45) is 0 Å². The standard InChI is InChI=1S/C19H21ClN2O5S/c1-26-12-4-11-21-19(23)18-13-22(16-5-2-3-6-17(16)27-18)28(24,25)15-9-7-14(20)8-10-15/h2-3,5-10,18H,4,11-13H2,1H3,(H,21,23). The van der Waals surface area contributed by atoms with Gasteiger partial charge in [-0.3, -0.25) is 9.10 Å². The number of sulfonamides is 1. The molecule has 1 aliphatic rings. The molecule has 2 aromatic rings. The first kappa shape index (κ1) is 20.4. The number of para-hydroxylation sites is 2. The summed E-state index contributed by atoms with van der Waals surface area (Å²) in [7, 11) is -2.31. The molecular weight excluding hydrogens is 404 g/mol. The van der Waals surface area contributed by atoms with Crippen molar-refractivity contribution in [3.8, 4) is 5.75 Å². The molecule has 1 amide bonds. The molecule has 1 atom stereocenters. The van der Waals surface area contributed by atoms with Gasteiger partial charge in [-0.25, -0.2) is 8.42 Å². The molecule has 0 bridgehead atoms. The first-order valence-corrected chi connectivity index (χ1v) is 10.6. The Morgan fingerprint density at radius 2 is 1.96 bits per heavy atom. The third-order valence-electron chi connectivity index (χ3n) is 4.25. The fraction of sp³-hybridized carbons (Fsp3) is 0.316. The lowest BCUT2D eigenvalue weighted by molar-refractivity contribution is -0.127. The second-order valence-corrected chi connectivity index (χ2v) is 8.50. The molecule has 150 valence electrons. The fourth-order valence-electron chi connectivity index (χ4n) is 2.84. The van der Waals surface area contributed by atoms with E-state index in [0.717, 1.165) is 0 Å². The number of amides is 1. The predicted molar refractivity (Wildman–Crippen MR) is 106 cm³/mol. The van der Waals surface area contributed by atoms with Crippen LogP contribution in [0.5, 0.6) is 5.75 Å². The normalized spacial score (nSPS) is 16.2. The van der Waals surface area contributed by atoms with Crippen LogP contribution in [0.2, 0.25) is 5.02 Å². The van der Waals surface area contributed by atoms with E-state index in [-0.39, 0.29) is 17.3 Å². The summed E-state index contributed by atoms with van der Waals surface area (Å²) in [5.41, 5.74) is 0.390. The lowest BCUT2D eigenvalue weighted by Crippen LogP contribution is -2.50. The molecule has 0 saturated heterocycles. The van der Waals surface area contributed by atoms with Crippen molar-refractivity contribution >= 4 is 33.2 Å². The van der Waals surface area contributed by atoms with Crippen molar-refractivity contribution in [1.29, 1.82) is 0 Å². The maximum Gasteiger partial charge on any atom is 0.264 e. The minimum atomic E-state index is -3.89. The van der Waals surface area contributed by atoms with Gasteiger partial charge in [-0.05, 0) is 42.8 Å². The molecular formula is C19H21ClN2O5S. The van der Waals surface area contributed by atoms with Crippen LogP contribution in [0.3, 0.4) is 0 Å². The SMILES string of the molecule is COCCCNC(=O)C1CN(S(=O)(=O)c2ccc(Cl)cc2)c2ccccc2O1. The summed E-state index contributed by atoms with van der Waals surface area (Å²) >= 11 is 5.87. The molecule has 7 nitrogen and oxygen atoms in total. The maximum absolute atomic E-state index is 13.2. The van der Waals surface area contributed by atoms with E-state index in [9.17, 15) is 13.2 Å². The van der Waals surface area contributed by atoms with Crippen LogP contribution in [0.25, 0.3) is 0 Å². The topological polar surface area (TPSA) is 84.9 Å². The van der Waals surface area contributed by atoms with Gasteiger partial charge in [0.1, 0.15) is 5.75 Å². The summed E-state index contributed by atoms with van der Waals surface area (Å²) in [5, 5.41) is 3.19. The van der Waals surface area contributed by atoms with Crippen LogP contribution in [0.15, 0.2) is 53.4 Å². The van der Waals surface area contributed by atoms with Gasteiger partial charge in [0.15, 0.2) is 6.10 Å². The molecule has 1 N–H and O–H groups in total. The Kier molecular flexibility index (Phi) is 6.43. The number of benzene rings is 2. The van der Waals surface area contributed by atoms with Crippen LogP contribution in [0, 0.1) is 0 Å². The van der Waals surface area contributed by atoms with E-state index in [2.05, 4.69) is 5.32 Å². The molecule has 2 aromatic carbocycles. The van der Waals surface area contributed by atoms with Gasteiger partial charge in [-0.15, -0.1) is 0 Å². The van der Waals surface area contributed by atoms with Crippen molar-refractivity contribution in [3.63, 3.8) is 0 Å². The molecule has 0 spiro atoms. The predicted octanol–water partition coefficient (Wildman–Crippen LogP) is 2.45. The first-order valence-electron chi connectivity index (χ1n) is 8.74. The monoisotopic (exact) mass is 424 g/mol. The zero-order valence-corrected chi connectivity index (χ0v) is 16.9. The Morgan fingerprint density at radius 1 is 1.25 bits per heavy atom. The number of nitrogens with zero attached hydrogens (tertiary/aromatic N) is 1. The number of nitrogens with one attached hydrogen (secondary N) is 1. The molecule has 0 aliphatic carbocycles. The zero-order chi connectivity index (χ0) is 20.1. The number of carbonyl (C=O) groups is 1. The average Bonchev–Trinajstić information content (AvgIpc) is 2.70. The van der Waals surface area contributed by atoms with E-state index in [1.54, 1.807) is 31.4 Å². The Morgan fingerprint density at radius 3 is 2.68 bits per heavy atom. The number of rotatable bonds is 7. The largest absolute Gasteiger partial charge is 0.476 e. The number of hydrogen-bond acceptors (Lipinski definition) is 5. The molecule has 3 rings (SSSR count). The van der Waals surface area contributed by atoms with Gasteiger partial charge >= 0.3 is 0 Å². The van der Waals surface area contributed by atoms with Crippen molar-refractivity contribution in [1.82, 2.24) is 5.32 Å². The molecule has 28 heavy (non-hydrogen) atoms. The van der Waals surface area contributed by atoms with E-state index >= 15 is 0 Å². The Hall–Kier alpha value is -2.29. The van der Waals surface area contributed by atoms with Gasteiger partial charge < -0.3 is 14.8 Å². The molecule has 0 fully saturated rings. The van der Waals surface area contributed by atoms with Crippen molar-refractivity contribution in [2.75, 3.05) is 31.1 Å². The molecule has 0 aromatic heterocycles. The van der Waals surface area contributed by atoms with Gasteiger partial charge in [0.05, 0.1) is 17.1 Å². The molecule has 0 saturated carbocycles. The van der Waals surface area contributed by atoms with Crippen molar-refractivity contribution in [3.05, 3.63) is 53.6 Å². The molecule has 1 heterocycles. The van der Waals surface area contributed by atoms with Crippen LogP contribution in [0.1, 0.15) is 6.42 Å². The van der Waals surface area contributed by atoms with E-state index in [1.807, 2.05) is 0 Å². The van der Waals surface area contributed by atoms with E-state index < -0.39 is 16.1 Å². The van der Waals surface area contributed by atoms with Crippen LogP contribution in [-0.2, 0) is 19.6 Å². The van der Waals surface area contributed by atoms with Gasteiger partial charge in [-0.2, -0.15) is 0 Å². The third kappa shape index (κ3) is 4.40. The summed E-state index contributed by atoms with van der Waals surface area (Å²) in [6, 6.07) is 12.6. The Labute approximate surface area is 169 Å². The first-order chi connectivity index (χ1) is 13.4. The second kappa shape index (κ2) is 8.81. The minimum absolute atomic E-state index is 0.0906. The highest BCUT2D eigenvalue weighted by Crippen LogP contribution is 2.36. The lowest BCUT2D eigenvalue weighted by Gasteiger charge is -2.34. The summed E-state index contributed by atoms with van der Waals surface area (Å²) in [6.07, 6.45) is -0.308. The summed E-state index contributed by atoms with van der Waals surface area (Å²) < 4.78 is 38.3.